The second kappa shape index (κ2) is 6.76. The molecule has 0 aromatic rings. The number of amides is 1. The Balaban J connectivity index is 3.77. The molecule has 15 heavy (non-hydrogen) atoms. The summed E-state index contributed by atoms with van der Waals surface area (Å²) in [6, 6.07) is 0. The summed E-state index contributed by atoms with van der Waals surface area (Å²) < 4.78 is 4.94. The molecule has 1 amide bonds. The van der Waals surface area contributed by atoms with Gasteiger partial charge in [0.2, 0.25) is 5.91 Å². The highest BCUT2D eigenvalue weighted by Crippen LogP contribution is 2.02. The standard InChI is InChI=1S/C10H22N2O3/c1-5-15-6-9(13)11-7-10(2,14)8-12(3)4/h14H,5-8H2,1-4H3,(H,11,13). The van der Waals surface area contributed by atoms with Gasteiger partial charge in [-0.15, -0.1) is 0 Å². The first-order valence-electron chi connectivity index (χ1n) is 5.09. The minimum atomic E-state index is -0.911. The van der Waals surface area contributed by atoms with Crippen molar-refractivity contribution in [3.8, 4) is 0 Å². The Morgan fingerprint density at radius 2 is 2.13 bits per heavy atom. The lowest BCUT2D eigenvalue weighted by atomic mass is 10.1. The summed E-state index contributed by atoms with van der Waals surface area (Å²) in [4.78, 5) is 13.0. The van der Waals surface area contributed by atoms with Gasteiger partial charge in [-0.3, -0.25) is 4.79 Å². The number of likely N-dealkylation sites (N-methyl/N-ethyl adjacent to an activating group) is 1. The Hall–Kier alpha value is -0.650. The monoisotopic (exact) mass is 218 g/mol. The molecule has 5 heteroatoms. The maximum Gasteiger partial charge on any atom is 0.246 e. The van der Waals surface area contributed by atoms with Gasteiger partial charge in [-0.1, -0.05) is 0 Å². The normalized spacial score (nSPS) is 15.1. The number of rotatable bonds is 7. The van der Waals surface area contributed by atoms with Crippen LogP contribution in [0.3, 0.4) is 0 Å². The van der Waals surface area contributed by atoms with Crippen LogP contribution in [0.2, 0.25) is 0 Å². The van der Waals surface area contributed by atoms with E-state index in [1.807, 2.05) is 25.9 Å². The first-order valence-corrected chi connectivity index (χ1v) is 5.09. The Bertz CT molecular complexity index is 193. The number of nitrogens with zero attached hydrogens (tertiary/aromatic N) is 1. The second-order valence-electron chi connectivity index (χ2n) is 4.15. The van der Waals surface area contributed by atoms with Gasteiger partial charge in [0.15, 0.2) is 0 Å². The third-order valence-electron chi connectivity index (χ3n) is 1.76. The molecule has 90 valence electrons. The Morgan fingerprint density at radius 3 is 2.60 bits per heavy atom. The predicted molar refractivity (Wildman–Crippen MR) is 58.7 cm³/mol. The Morgan fingerprint density at radius 1 is 1.53 bits per heavy atom. The smallest absolute Gasteiger partial charge is 0.246 e. The molecule has 0 aromatic heterocycles. The number of carbonyl (C=O) groups is 1. The lowest BCUT2D eigenvalue weighted by molar-refractivity contribution is -0.126. The highest BCUT2D eigenvalue weighted by atomic mass is 16.5. The van der Waals surface area contributed by atoms with Crippen molar-refractivity contribution in [1.29, 1.82) is 0 Å². The number of ether oxygens (including phenoxy) is 1. The van der Waals surface area contributed by atoms with Gasteiger partial charge in [-0.25, -0.2) is 0 Å². The van der Waals surface area contributed by atoms with E-state index in [0.29, 0.717) is 13.2 Å². The SMILES string of the molecule is CCOCC(=O)NCC(C)(O)CN(C)C. The molecule has 0 rings (SSSR count). The summed E-state index contributed by atoms with van der Waals surface area (Å²) >= 11 is 0. The van der Waals surface area contributed by atoms with Crippen molar-refractivity contribution in [1.82, 2.24) is 10.2 Å². The van der Waals surface area contributed by atoms with Crippen molar-refractivity contribution in [2.24, 2.45) is 0 Å². The van der Waals surface area contributed by atoms with Gasteiger partial charge in [0, 0.05) is 19.7 Å². The first kappa shape index (κ1) is 14.3. The zero-order valence-electron chi connectivity index (χ0n) is 10.0. The lowest BCUT2D eigenvalue weighted by Crippen LogP contribution is -2.47. The van der Waals surface area contributed by atoms with Gasteiger partial charge in [0.1, 0.15) is 6.61 Å². The second-order valence-corrected chi connectivity index (χ2v) is 4.15. The fourth-order valence-corrected chi connectivity index (χ4v) is 1.27. The van der Waals surface area contributed by atoms with E-state index in [4.69, 9.17) is 4.74 Å². The first-order chi connectivity index (χ1) is 6.87. The molecule has 0 aliphatic rings. The molecule has 2 N–H and O–H groups in total. The summed E-state index contributed by atoms with van der Waals surface area (Å²) in [6.07, 6.45) is 0. The van der Waals surface area contributed by atoms with E-state index in [9.17, 15) is 9.90 Å². The van der Waals surface area contributed by atoms with Gasteiger partial charge in [0.25, 0.3) is 0 Å². The highest BCUT2D eigenvalue weighted by molar-refractivity contribution is 5.77. The molecule has 0 fully saturated rings. The number of aliphatic hydroxyl groups is 1. The molecular formula is C10H22N2O3. The molecule has 0 spiro atoms. The van der Waals surface area contributed by atoms with Crippen molar-refractivity contribution in [2.45, 2.75) is 19.4 Å². The molecule has 1 atom stereocenters. The van der Waals surface area contributed by atoms with Crippen molar-refractivity contribution >= 4 is 5.91 Å². The Kier molecular flexibility index (Phi) is 6.47. The van der Waals surface area contributed by atoms with Crippen LogP contribution >= 0.6 is 0 Å². The fourth-order valence-electron chi connectivity index (χ4n) is 1.27. The summed E-state index contributed by atoms with van der Waals surface area (Å²) in [7, 11) is 3.74. The van der Waals surface area contributed by atoms with E-state index in [0.717, 1.165) is 0 Å². The maximum absolute atomic E-state index is 11.2. The number of nitrogens with one attached hydrogen (secondary N) is 1. The molecule has 5 nitrogen and oxygen atoms in total. The zero-order valence-corrected chi connectivity index (χ0v) is 10.0. The molecular weight excluding hydrogens is 196 g/mol. The van der Waals surface area contributed by atoms with Gasteiger partial charge in [-0.05, 0) is 27.9 Å². The van der Waals surface area contributed by atoms with E-state index in [2.05, 4.69) is 5.32 Å². The van der Waals surface area contributed by atoms with E-state index < -0.39 is 5.60 Å². The van der Waals surface area contributed by atoms with Crippen LogP contribution in [0, 0.1) is 0 Å². The fraction of sp³-hybridized carbons (Fsp3) is 0.900. The number of carbonyl (C=O) groups excluding carboxylic acids is 1. The molecule has 0 bridgehead atoms. The maximum atomic E-state index is 11.2. The predicted octanol–water partition coefficient (Wildman–Crippen LogP) is -0.548. The summed E-state index contributed by atoms with van der Waals surface area (Å²) in [5.74, 6) is -0.198. The zero-order chi connectivity index (χ0) is 11.9. The molecule has 0 aromatic carbocycles. The van der Waals surface area contributed by atoms with E-state index in [-0.39, 0.29) is 19.1 Å². The average molecular weight is 218 g/mol. The van der Waals surface area contributed by atoms with Crippen LogP contribution < -0.4 is 5.32 Å². The summed E-state index contributed by atoms with van der Waals surface area (Å²) in [6.45, 7) is 4.82. The molecule has 0 saturated carbocycles. The van der Waals surface area contributed by atoms with E-state index in [1.165, 1.54) is 0 Å². The van der Waals surface area contributed by atoms with Crippen LogP contribution in [0.4, 0.5) is 0 Å². The molecule has 0 aliphatic carbocycles. The topological polar surface area (TPSA) is 61.8 Å². The molecule has 0 heterocycles. The highest BCUT2D eigenvalue weighted by Gasteiger charge is 2.21. The molecule has 0 saturated heterocycles. The quantitative estimate of drug-likeness (QED) is 0.602. The minimum Gasteiger partial charge on any atom is -0.387 e. The van der Waals surface area contributed by atoms with Crippen molar-refractivity contribution in [3.05, 3.63) is 0 Å². The van der Waals surface area contributed by atoms with Gasteiger partial charge < -0.3 is 20.1 Å². The van der Waals surface area contributed by atoms with E-state index in [1.54, 1.807) is 6.92 Å². The van der Waals surface area contributed by atoms with Crippen LogP contribution in [0.15, 0.2) is 0 Å². The lowest BCUT2D eigenvalue weighted by Gasteiger charge is -2.27. The van der Waals surface area contributed by atoms with Gasteiger partial charge in [0.05, 0.1) is 5.60 Å². The molecule has 0 aliphatic heterocycles. The largest absolute Gasteiger partial charge is 0.387 e. The molecule has 1 unspecified atom stereocenters. The summed E-state index contributed by atoms with van der Waals surface area (Å²) in [5.41, 5.74) is -0.911. The van der Waals surface area contributed by atoms with Crippen LogP contribution in [0.5, 0.6) is 0 Å². The number of hydrogen-bond donors (Lipinski definition) is 2. The van der Waals surface area contributed by atoms with Gasteiger partial charge in [-0.2, -0.15) is 0 Å². The minimum absolute atomic E-state index is 0.0501. The van der Waals surface area contributed by atoms with Crippen LogP contribution in [-0.2, 0) is 9.53 Å². The van der Waals surface area contributed by atoms with E-state index >= 15 is 0 Å². The molecule has 0 radical (unpaired) electrons. The van der Waals surface area contributed by atoms with Crippen LogP contribution in [0.1, 0.15) is 13.8 Å². The number of hydrogen-bond acceptors (Lipinski definition) is 4. The van der Waals surface area contributed by atoms with Crippen molar-refractivity contribution < 1.29 is 14.6 Å². The Labute approximate surface area is 91.4 Å². The average Bonchev–Trinajstić information content (AvgIpc) is 2.09. The van der Waals surface area contributed by atoms with Crippen molar-refractivity contribution in [2.75, 3.05) is 40.4 Å². The van der Waals surface area contributed by atoms with Crippen LogP contribution in [-0.4, -0.2) is 61.9 Å². The van der Waals surface area contributed by atoms with Gasteiger partial charge >= 0.3 is 0 Å². The van der Waals surface area contributed by atoms with Crippen molar-refractivity contribution in [3.63, 3.8) is 0 Å². The third kappa shape index (κ3) is 8.35. The summed E-state index contributed by atoms with van der Waals surface area (Å²) in [5, 5.41) is 12.5. The third-order valence-corrected chi connectivity index (χ3v) is 1.76. The van der Waals surface area contributed by atoms with Crippen LogP contribution in [0.25, 0.3) is 0 Å².